The van der Waals surface area contributed by atoms with E-state index < -0.39 is 12.0 Å². The Hall–Kier alpha value is -0.290. The number of rotatable bonds is 4. The maximum Gasteiger partial charge on any atom is 0.320 e. The first-order chi connectivity index (χ1) is 6.93. The summed E-state index contributed by atoms with van der Waals surface area (Å²) in [6.45, 7) is 2.11. The molecule has 1 aromatic heterocycles. The van der Waals surface area contributed by atoms with Gasteiger partial charge < -0.3 is 5.11 Å². The van der Waals surface area contributed by atoms with Gasteiger partial charge in [-0.25, -0.2) is 0 Å². The van der Waals surface area contributed by atoms with E-state index in [0.29, 0.717) is 15.9 Å². The van der Waals surface area contributed by atoms with E-state index in [1.165, 1.54) is 11.3 Å². The molecule has 0 aliphatic heterocycles. The number of nitrogens with zero attached hydrogens (tertiary/aromatic N) is 1. The Kier molecular flexibility index (Phi) is 4.40. The van der Waals surface area contributed by atoms with E-state index in [1.807, 2.05) is 5.38 Å². The quantitative estimate of drug-likeness (QED) is 0.912. The monoisotopic (exact) mass is 267 g/mol. The summed E-state index contributed by atoms with van der Waals surface area (Å²) in [5, 5.41) is 11.2. The predicted octanol–water partition coefficient (Wildman–Crippen LogP) is 2.96. The number of carboxylic acid groups (broad SMARTS) is 1. The molecule has 0 saturated carbocycles. The van der Waals surface area contributed by atoms with Crippen LogP contribution in [0.3, 0.4) is 0 Å². The van der Waals surface area contributed by atoms with E-state index in [9.17, 15) is 4.79 Å². The van der Waals surface area contributed by atoms with Crippen molar-refractivity contribution in [3.8, 4) is 0 Å². The van der Waals surface area contributed by atoms with Crippen molar-refractivity contribution >= 4 is 40.5 Å². The second kappa shape index (κ2) is 5.16. The fourth-order valence-electron chi connectivity index (χ4n) is 1.05. The Morgan fingerprint density at radius 2 is 2.27 bits per heavy atom. The highest BCUT2D eigenvalue weighted by Crippen LogP contribution is 2.33. The molecular weight excluding hydrogens is 257 g/mol. The van der Waals surface area contributed by atoms with Crippen LogP contribution in [0.5, 0.6) is 0 Å². The zero-order valence-corrected chi connectivity index (χ0v) is 10.7. The molecule has 0 aromatic carbocycles. The summed E-state index contributed by atoms with van der Waals surface area (Å²) in [6, 6.07) is -0.542. The lowest BCUT2D eigenvalue weighted by Gasteiger charge is -2.20. The minimum atomic E-state index is -0.852. The van der Waals surface area contributed by atoms with Crippen molar-refractivity contribution < 1.29 is 9.90 Å². The topological polar surface area (TPSA) is 40.5 Å². The lowest BCUT2D eigenvalue weighted by atomic mass is 10.2. The highest BCUT2D eigenvalue weighted by molar-refractivity contribution is 7.15. The third-order valence-corrected chi connectivity index (χ3v) is 4.11. The Morgan fingerprint density at radius 1 is 1.67 bits per heavy atom. The number of likely N-dealkylation sites (N-methyl/N-ethyl adjacent to an activating group) is 1. The molecule has 6 heteroatoms. The van der Waals surface area contributed by atoms with Gasteiger partial charge in [0, 0.05) is 6.54 Å². The highest BCUT2D eigenvalue weighted by atomic mass is 35.5. The molecule has 84 valence electrons. The van der Waals surface area contributed by atoms with Crippen molar-refractivity contribution in [1.29, 1.82) is 0 Å². The van der Waals surface area contributed by atoms with Crippen LogP contribution >= 0.6 is 34.5 Å². The maximum atomic E-state index is 10.7. The van der Waals surface area contributed by atoms with Crippen LogP contribution in [0.1, 0.15) is 12.5 Å². The van der Waals surface area contributed by atoms with E-state index >= 15 is 0 Å². The summed E-state index contributed by atoms with van der Waals surface area (Å²) in [6.07, 6.45) is 0. The van der Waals surface area contributed by atoms with Gasteiger partial charge in [-0.2, -0.15) is 0 Å². The van der Waals surface area contributed by atoms with Crippen molar-refractivity contribution in [3.63, 3.8) is 0 Å². The lowest BCUT2D eigenvalue weighted by molar-refractivity contribution is -0.142. The number of halogens is 2. The molecule has 0 spiro atoms. The molecule has 15 heavy (non-hydrogen) atoms. The van der Waals surface area contributed by atoms with Gasteiger partial charge in [-0.1, -0.05) is 23.2 Å². The largest absolute Gasteiger partial charge is 0.480 e. The molecule has 0 amide bonds. The van der Waals surface area contributed by atoms with Gasteiger partial charge in [-0.05, 0) is 24.9 Å². The van der Waals surface area contributed by atoms with Crippen LogP contribution in [0.2, 0.25) is 9.36 Å². The predicted molar refractivity (Wildman–Crippen MR) is 62.9 cm³/mol. The Bertz CT molecular complexity index is 367. The summed E-state index contributed by atoms with van der Waals surface area (Å²) >= 11 is 13.1. The first-order valence-corrected chi connectivity index (χ1v) is 5.91. The molecule has 1 aromatic rings. The van der Waals surface area contributed by atoms with Gasteiger partial charge in [-0.15, -0.1) is 11.3 Å². The van der Waals surface area contributed by atoms with Crippen LogP contribution in [0.15, 0.2) is 5.38 Å². The Morgan fingerprint density at radius 3 is 2.67 bits per heavy atom. The van der Waals surface area contributed by atoms with Crippen molar-refractivity contribution in [2.45, 2.75) is 19.5 Å². The van der Waals surface area contributed by atoms with Gasteiger partial charge in [0.2, 0.25) is 0 Å². The third kappa shape index (κ3) is 3.08. The Labute approximate surface area is 102 Å². The molecule has 0 fully saturated rings. The zero-order valence-electron chi connectivity index (χ0n) is 8.33. The molecule has 0 saturated heterocycles. The second-order valence-electron chi connectivity index (χ2n) is 3.28. The van der Waals surface area contributed by atoms with Crippen molar-refractivity contribution in [2.24, 2.45) is 0 Å². The number of hydrogen-bond acceptors (Lipinski definition) is 3. The molecular formula is C9H11Cl2NO2S. The second-order valence-corrected chi connectivity index (χ2v) is 5.14. The number of hydrogen-bond donors (Lipinski definition) is 1. The SMILES string of the molecule is CC(C(=O)O)N(C)Cc1csc(Cl)c1Cl. The molecule has 1 N–H and O–H groups in total. The molecule has 0 aliphatic rings. The van der Waals surface area contributed by atoms with Gasteiger partial charge in [0.15, 0.2) is 0 Å². The van der Waals surface area contributed by atoms with Crippen LogP contribution in [-0.4, -0.2) is 29.1 Å². The third-order valence-electron chi connectivity index (χ3n) is 2.20. The van der Waals surface area contributed by atoms with Gasteiger partial charge >= 0.3 is 5.97 Å². The zero-order chi connectivity index (χ0) is 11.6. The van der Waals surface area contributed by atoms with E-state index in [1.54, 1.807) is 18.9 Å². The molecule has 1 unspecified atom stereocenters. The van der Waals surface area contributed by atoms with Crippen LogP contribution in [0.25, 0.3) is 0 Å². The number of carboxylic acids is 1. The molecule has 1 heterocycles. The van der Waals surface area contributed by atoms with E-state index in [-0.39, 0.29) is 0 Å². The van der Waals surface area contributed by atoms with E-state index in [0.717, 1.165) is 5.56 Å². The summed E-state index contributed by atoms with van der Waals surface area (Å²) in [4.78, 5) is 12.4. The van der Waals surface area contributed by atoms with Crippen molar-refractivity contribution in [2.75, 3.05) is 7.05 Å². The first kappa shape index (κ1) is 12.8. The van der Waals surface area contributed by atoms with Gasteiger partial charge in [0.05, 0.1) is 5.02 Å². The van der Waals surface area contributed by atoms with E-state index in [4.69, 9.17) is 28.3 Å². The summed E-state index contributed by atoms with van der Waals surface area (Å²) in [5.74, 6) is -0.852. The average Bonchev–Trinajstić information content (AvgIpc) is 2.48. The fourth-order valence-corrected chi connectivity index (χ4v) is 2.29. The van der Waals surface area contributed by atoms with Crippen molar-refractivity contribution in [3.05, 3.63) is 20.3 Å². The highest BCUT2D eigenvalue weighted by Gasteiger charge is 2.18. The fraction of sp³-hybridized carbons (Fsp3) is 0.444. The summed E-state index contributed by atoms with van der Waals surface area (Å²) in [5.41, 5.74) is 0.863. The van der Waals surface area contributed by atoms with Crippen LogP contribution in [0, 0.1) is 0 Å². The van der Waals surface area contributed by atoms with Crippen LogP contribution < -0.4 is 0 Å². The smallest absolute Gasteiger partial charge is 0.320 e. The standard InChI is InChI=1S/C9H11Cl2NO2S/c1-5(9(13)14)12(2)3-6-4-15-8(11)7(6)10/h4-5H,3H2,1-2H3,(H,13,14). The maximum absolute atomic E-state index is 10.7. The molecule has 3 nitrogen and oxygen atoms in total. The van der Waals surface area contributed by atoms with Crippen LogP contribution in [0.4, 0.5) is 0 Å². The normalized spacial score (nSPS) is 13.1. The van der Waals surface area contributed by atoms with Crippen LogP contribution in [-0.2, 0) is 11.3 Å². The Balaban J connectivity index is 2.70. The molecule has 0 radical (unpaired) electrons. The number of aliphatic carboxylic acids is 1. The molecule has 0 aliphatic carbocycles. The number of carbonyl (C=O) groups is 1. The average molecular weight is 268 g/mol. The molecule has 1 atom stereocenters. The van der Waals surface area contributed by atoms with Gasteiger partial charge in [-0.3, -0.25) is 9.69 Å². The molecule has 1 rings (SSSR count). The first-order valence-electron chi connectivity index (χ1n) is 4.28. The van der Waals surface area contributed by atoms with Crippen molar-refractivity contribution in [1.82, 2.24) is 4.90 Å². The molecule has 0 bridgehead atoms. The summed E-state index contributed by atoms with van der Waals surface area (Å²) in [7, 11) is 1.74. The minimum Gasteiger partial charge on any atom is -0.480 e. The lowest BCUT2D eigenvalue weighted by Crippen LogP contribution is -2.35. The van der Waals surface area contributed by atoms with Gasteiger partial charge in [0.1, 0.15) is 10.4 Å². The summed E-state index contributed by atoms with van der Waals surface area (Å²) < 4.78 is 0.544. The minimum absolute atomic E-state index is 0.482. The number of thiophene rings is 1. The van der Waals surface area contributed by atoms with Gasteiger partial charge in [0.25, 0.3) is 0 Å². The van der Waals surface area contributed by atoms with E-state index in [2.05, 4.69) is 0 Å².